The fraction of sp³-hybridized carbons (Fsp3) is 0.0455. The number of hydrogen-bond acceptors (Lipinski definition) is 1. The van der Waals surface area contributed by atoms with E-state index in [0.29, 0.717) is 0 Å². The lowest BCUT2D eigenvalue weighted by Crippen LogP contribution is -1.95. The second-order valence-electron chi connectivity index (χ2n) is 5.70. The van der Waals surface area contributed by atoms with E-state index in [1.54, 1.807) is 0 Å². The third-order valence-corrected chi connectivity index (χ3v) is 4.20. The van der Waals surface area contributed by atoms with Crippen molar-refractivity contribution in [1.82, 2.24) is 4.98 Å². The maximum atomic E-state index is 4.84. The Morgan fingerprint density at radius 2 is 1.09 bits per heavy atom. The molecule has 4 rings (SSSR count). The minimum absolute atomic E-state index is 1.04. The Labute approximate surface area is 136 Å². The molecule has 0 aliphatic rings. The van der Waals surface area contributed by atoms with Crippen molar-refractivity contribution in [1.29, 1.82) is 0 Å². The van der Waals surface area contributed by atoms with Gasteiger partial charge in [0, 0.05) is 22.2 Å². The third kappa shape index (κ3) is 2.40. The van der Waals surface area contributed by atoms with Gasteiger partial charge in [-0.1, -0.05) is 78.9 Å². The van der Waals surface area contributed by atoms with Crippen LogP contribution in [0.4, 0.5) is 0 Å². The first-order chi connectivity index (χ1) is 11.3. The van der Waals surface area contributed by atoms with Gasteiger partial charge in [0.25, 0.3) is 0 Å². The quantitative estimate of drug-likeness (QED) is 0.450. The summed E-state index contributed by atoms with van der Waals surface area (Å²) in [5.41, 5.74) is 7.03. The van der Waals surface area contributed by atoms with E-state index in [2.05, 4.69) is 85.8 Å². The van der Waals surface area contributed by atoms with E-state index in [9.17, 15) is 0 Å². The summed E-state index contributed by atoms with van der Waals surface area (Å²) in [5.74, 6) is 0. The average Bonchev–Trinajstić information content (AvgIpc) is 2.62. The molecule has 110 valence electrons. The van der Waals surface area contributed by atoms with Gasteiger partial charge in [-0.3, -0.25) is 4.98 Å². The second-order valence-corrected chi connectivity index (χ2v) is 5.70. The Kier molecular flexibility index (Phi) is 3.39. The van der Waals surface area contributed by atoms with Crippen molar-refractivity contribution in [2.75, 3.05) is 0 Å². The molecule has 1 heteroatoms. The van der Waals surface area contributed by atoms with E-state index in [1.165, 1.54) is 27.6 Å². The number of nitrogens with zero attached hydrogens (tertiary/aromatic N) is 1. The highest BCUT2D eigenvalue weighted by atomic mass is 14.7. The van der Waals surface area contributed by atoms with Gasteiger partial charge in [0.15, 0.2) is 0 Å². The zero-order valence-corrected chi connectivity index (χ0v) is 13.0. The summed E-state index contributed by atoms with van der Waals surface area (Å²) < 4.78 is 0. The highest BCUT2D eigenvalue weighted by molar-refractivity contribution is 6.03. The number of aryl methyl sites for hydroxylation is 1. The number of benzene rings is 3. The smallest absolute Gasteiger partial charge is 0.0711 e. The van der Waals surface area contributed by atoms with Crippen molar-refractivity contribution in [3.8, 4) is 22.3 Å². The molecular weight excluding hydrogens is 278 g/mol. The molecule has 0 bridgehead atoms. The first kappa shape index (κ1) is 13.7. The van der Waals surface area contributed by atoms with Crippen molar-refractivity contribution in [2.45, 2.75) is 6.92 Å². The van der Waals surface area contributed by atoms with Crippen LogP contribution in [0.25, 0.3) is 33.2 Å². The summed E-state index contributed by atoms with van der Waals surface area (Å²) in [6.45, 7) is 2.10. The van der Waals surface area contributed by atoms with E-state index in [4.69, 9.17) is 4.98 Å². The monoisotopic (exact) mass is 295 g/mol. The summed E-state index contributed by atoms with van der Waals surface area (Å²) in [6, 6.07) is 29.5. The van der Waals surface area contributed by atoms with Crippen LogP contribution in [0.2, 0.25) is 0 Å². The number of fused-ring (bicyclic) bond motifs is 1. The lowest BCUT2D eigenvalue weighted by atomic mass is 9.90. The van der Waals surface area contributed by atoms with Gasteiger partial charge in [0.2, 0.25) is 0 Å². The van der Waals surface area contributed by atoms with Crippen molar-refractivity contribution in [3.63, 3.8) is 0 Å². The van der Waals surface area contributed by atoms with Gasteiger partial charge in [0.05, 0.1) is 5.52 Å². The topological polar surface area (TPSA) is 12.9 Å². The lowest BCUT2D eigenvalue weighted by Gasteiger charge is -2.16. The number of pyridine rings is 1. The molecule has 3 aromatic carbocycles. The van der Waals surface area contributed by atoms with Crippen molar-refractivity contribution >= 4 is 10.9 Å². The summed E-state index contributed by atoms with van der Waals surface area (Å²) in [5, 5.41) is 1.20. The van der Waals surface area contributed by atoms with Crippen molar-refractivity contribution < 1.29 is 0 Å². The highest BCUT2D eigenvalue weighted by Crippen LogP contribution is 2.38. The van der Waals surface area contributed by atoms with Crippen LogP contribution in [-0.4, -0.2) is 4.98 Å². The van der Waals surface area contributed by atoms with Crippen LogP contribution in [-0.2, 0) is 0 Å². The fourth-order valence-corrected chi connectivity index (χ4v) is 3.20. The van der Waals surface area contributed by atoms with Crippen LogP contribution in [0.15, 0.2) is 84.9 Å². The Morgan fingerprint density at radius 1 is 0.565 bits per heavy atom. The molecule has 1 heterocycles. The molecule has 0 N–H and O–H groups in total. The maximum absolute atomic E-state index is 4.84. The minimum atomic E-state index is 1.04. The summed E-state index contributed by atoms with van der Waals surface area (Å²) in [7, 11) is 0. The molecule has 0 unspecified atom stereocenters. The van der Waals surface area contributed by atoms with Crippen LogP contribution in [0.5, 0.6) is 0 Å². The molecule has 0 radical (unpaired) electrons. The Bertz CT molecular complexity index is 957. The van der Waals surface area contributed by atoms with E-state index in [1.807, 2.05) is 6.07 Å². The number of para-hydroxylation sites is 1. The largest absolute Gasteiger partial charge is 0.252 e. The van der Waals surface area contributed by atoms with Gasteiger partial charge in [-0.05, 0) is 24.1 Å². The molecule has 0 atom stereocenters. The molecule has 0 saturated heterocycles. The SMILES string of the molecule is Cc1nc2ccccc2c(-c2ccccc2)c1-c1ccccc1. The molecule has 0 saturated carbocycles. The highest BCUT2D eigenvalue weighted by Gasteiger charge is 2.15. The number of hydrogen-bond donors (Lipinski definition) is 0. The fourth-order valence-electron chi connectivity index (χ4n) is 3.20. The van der Waals surface area contributed by atoms with Crippen molar-refractivity contribution in [3.05, 3.63) is 90.6 Å². The summed E-state index contributed by atoms with van der Waals surface area (Å²) >= 11 is 0. The van der Waals surface area contributed by atoms with Crippen LogP contribution < -0.4 is 0 Å². The van der Waals surface area contributed by atoms with Gasteiger partial charge in [-0.15, -0.1) is 0 Å². The van der Waals surface area contributed by atoms with Crippen LogP contribution >= 0.6 is 0 Å². The van der Waals surface area contributed by atoms with Crippen LogP contribution in [0, 0.1) is 6.92 Å². The minimum Gasteiger partial charge on any atom is -0.252 e. The Balaban J connectivity index is 2.15. The molecule has 4 aromatic rings. The lowest BCUT2D eigenvalue weighted by molar-refractivity contribution is 1.26. The molecular formula is C22H17N. The number of rotatable bonds is 2. The summed E-state index contributed by atoms with van der Waals surface area (Å²) in [6.07, 6.45) is 0. The summed E-state index contributed by atoms with van der Waals surface area (Å²) in [4.78, 5) is 4.84. The van der Waals surface area contributed by atoms with Gasteiger partial charge in [-0.25, -0.2) is 0 Å². The normalized spacial score (nSPS) is 10.8. The molecule has 0 aliphatic heterocycles. The van der Waals surface area contributed by atoms with E-state index in [-0.39, 0.29) is 0 Å². The van der Waals surface area contributed by atoms with Crippen molar-refractivity contribution in [2.24, 2.45) is 0 Å². The predicted octanol–water partition coefficient (Wildman–Crippen LogP) is 5.88. The van der Waals surface area contributed by atoms with Gasteiger partial charge in [-0.2, -0.15) is 0 Å². The van der Waals surface area contributed by atoms with Gasteiger partial charge < -0.3 is 0 Å². The standard InChI is InChI=1S/C22H17N/c1-16-21(17-10-4-2-5-11-17)22(18-12-6-3-7-13-18)19-14-8-9-15-20(19)23-16/h2-15H,1H3. The Hall–Kier alpha value is -2.93. The van der Waals surface area contributed by atoms with E-state index >= 15 is 0 Å². The number of aromatic nitrogens is 1. The predicted molar refractivity (Wildman–Crippen MR) is 97.4 cm³/mol. The molecule has 1 aromatic heterocycles. The first-order valence-corrected chi connectivity index (χ1v) is 7.85. The van der Waals surface area contributed by atoms with Gasteiger partial charge in [0.1, 0.15) is 0 Å². The molecule has 0 amide bonds. The third-order valence-electron chi connectivity index (χ3n) is 4.20. The van der Waals surface area contributed by atoms with E-state index < -0.39 is 0 Å². The van der Waals surface area contributed by atoms with Gasteiger partial charge >= 0.3 is 0 Å². The molecule has 0 aliphatic carbocycles. The first-order valence-electron chi connectivity index (χ1n) is 7.85. The molecule has 1 nitrogen and oxygen atoms in total. The van der Waals surface area contributed by atoms with Crippen LogP contribution in [0.3, 0.4) is 0 Å². The van der Waals surface area contributed by atoms with Crippen LogP contribution in [0.1, 0.15) is 5.69 Å². The zero-order chi connectivity index (χ0) is 15.6. The second kappa shape index (κ2) is 5.69. The molecule has 0 fully saturated rings. The van der Waals surface area contributed by atoms with E-state index in [0.717, 1.165) is 11.2 Å². The molecule has 0 spiro atoms. The molecule has 23 heavy (non-hydrogen) atoms. The Morgan fingerprint density at radius 3 is 1.74 bits per heavy atom. The average molecular weight is 295 g/mol. The maximum Gasteiger partial charge on any atom is 0.0711 e. The zero-order valence-electron chi connectivity index (χ0n) is 13.0.